The summed E-state index contributed by atoms with van der Waals surface area (Å²) in [5.41, 5.74) is 5.75. The highest BCUT2D eigenvalue weighted by Gasteiger charge is 2.27. The van der Waals surface area contributed by atoms with Crippen LogP contribution < -0.4 is 11.1 Å². The number of aryl methyl sites for hydroxylation is 1. The molecule has 110 valence electrons. The summed E-state index contributed by atoms with van der Waals surface area (Å²) in [6.45, 7) is 2.22. The van der Waals surface area contributed by atoms with Gasteiger partial charge in [0.05, 0.1) is 14.7 Å². The molecule has 2 rings (SSSR count). The van der Waals surface area contributed by atoms with E-state index in [0.29, 0.717) is 22.2 Å². The second kappa shape index (κ2) is 6.32. The van der Waals surface area contributed by atoms with Crippen LogP contribution in [0.4, 0.5) is 5.69 Å². The van der Waals surface area contributed by atoms with E-state index in [-0.39, 0.29) is 17.6 Å². The van der Waals surface area contributed by atoms with E-state index >= 15 is 0 Å². The van der Waals surface area contributed by atoms with Crippen LogP contribution in [0.5, 0.6) is 0 Å². The Morgan fingerprint density at radius 3 is 2.85 bits per heavy atom. The number of carbonyl (C=O) groups excluding carboxylic acids is 1. The summed E-state index contributed by atoms with van der Waals surface area (Å²) in [7, 11) is 0. The smallest absolute Gasteiger partial charge is 0.283 e. The molecule has 1 fully saturated rings. The topological polar surface area (TPSA) is 98.3 Å². The number of rotatable bonds is 4. The van der Waals surface area contributed by atoms with Crippen molar-refractivity contribution in [3.8, 4) is 0 Å². The fourth-order valence-electron chi connectivity index (χ4n) is 2.68. The first kappa shape index (κ1) is 14.9. The van der Waals surface area contributed by atoms with Crippen molar-refractivity contribution in [2.24, 2.45) is 11.7 Å². The first-order valence-corrected chi connectivity index (χ1v) is 7.60. The summed E-state index contributed by atoms with van der Waals surface area (Å²) in [6.07, 6.45) is 4.20. The number of thiophene rings is 1. The van der Waals surface area contributed by atoms with Crippen LogP contribution in [0.2, 0.25) is 0 Å². The second-order valence-electron chi connectivity index (χ2n) is 5.17. The summed E-state index contributed by atoms with van der Waals surface area (Å²) in [5, 5.41) is 13.8. The van der Waals surface area contributed by atoms with Gasteiger partial charge in [0.2, 0.25) is 0 Å². The van der Waals surface area contributed by atoms with Gasteiger partial charge in [-0.1, -0.05) is 12.8 Å². The van der Waals surface area contributed by atoms with E-state index < -0.39 is 4.92 Å². The normalized spacial score (nSPS) is 22.5. The summed E-state index contributed by atoms with van der Waals surface area (Å²) in [5.74, 6) is 0.0836. The van der Waals surface area contributed by atoms with Gasteiger partial charge in [-0.3, -0.25) is 14.9 Å². The fourth-order valence-corrected chi connectivity index (χ4v) is 3.58. The molecule has 1 aromatic rings. The highest BCUT2D eigenvalue weighted by atomic mass is 32.1. The average Bonchev–Trinajstić information content (AvgIpc) is 2.81. The average molecular weight is 297 g/mol. The molecule has 20 heavy (non-hydrogen) atoms. The van der Waals surface area contributed by atoms with Gasteiger partial charge in [0, 0.05) is 12.1 Å². The summed E-state index contributed by atoms with van der Waals surface area (Å²) < 4.78 is 0. The zero-order valence-corrected chi connectivity index (χ0v) is 12.2. The van der Waals surface area contributed by atoms with Gasteiger partial charge in [-0.05, 0) is 32.2 Å². The zero-order valence-electron chi connectivity index (χ0n) is 11.4. The molecular weight excluding hydrogens is 278 g/mol. The number of amides is 1. The minimum atomic E-state index is -0.452. The quantitative estimate of drug-likeness (QED) is 0.657. The summed E-state index contributed by atoms with van der Waals surface area (Å²) in [4.78, 5) is 23.5. The van der Waals surface area contributed by atoms with Gasteiger partial charge in [0.15, 0.2) is 0 Å². The lowest BCUT2D eigenvalue weighted by Crippen LogP contribution is -2.44. The molecule has 1 saturated carbocycles. The van der Waals surface area contributed by atoms with Crippen molar-refractivity contribution in [2.45, 2.75) is 38.6 Å². The van der Waals surface area contributed by atoms with Crippen molar-refractivity contribution in [3.63, 3.8) is 0 Å². The van der Waals surface area contributed by atoms with E-state index in [4.69, 9.17) is 5.73 Å². The first-order chi connectivity index (χ1) is 9.52. The maximum Gasteiger partial charge on any atom is 0.283 e. The predicted octanol–water partition coefficient (Wildman–Crippen LogP) is 2.21. The third kappa shape index (κ3) is 3.16. The Hall–Kier alpha value is -1.47. The SMILES string of the molecule is Cc1sc(C(=O)NC2CCCCC2CN)cc1[N+](=O)[O-]. The van der Waals surface area contributed by atoms with Crippen LogP contribution in [0.25, 0.3) is 0 Å². The van der Waals surface area contributed by atoms with E-state index in [1.807, 2.05) is 0 Å². The number of hydrogen-bond donors (Lipinski definition) is 2. The molecule has 0 spiro atoms. The molecule has 2 atom stereocenters. The third-order valence-corrected chi connectivity index (χ3v) is 4.88. The van der Waals surface area contributed by atoms with Gasteiger partial charge in [0.25, 0.3) is 11.6 Å². The van der Waals surface area contributed by atoms with Gasteiger partial charge in [-0.2, -0.15) is 0 Å². The van der Waals surface area contributed by atoms with Gasteiger partial charge in [-0.15, -0.1) is 11.3 Å². The Balaban J connectivity index is 2.07. The van der Waals surface area contributed by atoms with Gasteiger partial charge < -0.3 is 11.1 Å². The molecule has 1 aromatic heterocycles. The Morgan fingerprint density at radius 1 is 1.55 bits per heavy atom. The number of nitro groups is 1. The maximum atomic E-state index is 12.2. The number of nitrogens with zero attached hydrogens (tertiary/aromatic N) is 1. The van der Waals surface area contributed by atoms with Gasteiger partial charge >= 0.3 is 0 Å². The van der Waals surface area contributed by atoms with Crippen LogP contribution >= 0.6 is 11.3 Å². The number of nitrogens with two attached hydrogens (primary N) is 1. The first-order valence-electron chi connectivity index (χ1n) is 6.78. The minimum absolute atomic E-state index is 0.0131. The molecule has 1 heterocycles. The van der Waals surface area contributed by atoms with E-state index in [1.165, 1.54) is 6.07 Å². The highest BCUT2D eigenvalue weighted by molar-refractivity contribution is 7.14. The molecule has 3 N–H and O–H groups in total. The maximum absolute atomic E-state index is 12.2. The molecule has 7 heteroatoms. The van der Waals surface area contributed by atoms with Crippen LogP contribution in [-0.4, -0.2) is 23.4 Å². The molecule has 6 nitrogen and oxygen atoms in total. The third-order valence-electron chi connectivity index (χ3n) is 3.84. The molecule has 1 amide bonds. The lowest BCUT2D eigenvalue weighted by molar-refractivity contribution is -0.385. The molecule has 0 radical (unpaired) electrons. The molecule has 0 bridgehead atoms. The minimum Gasteiger partial charge on any atom is -0.348 e. The Bertz CT molecular complexity index is 515. The van der Waals surface area contributed by atoms with Crippen molar-refractivity contribution in [3.05, 3.63) is 25.9 Å². The van der Waals surface area contributed by atoms with Crippen molar-refractivity contribution in [1.82, 2.24) is 5.32 Å². The van der Waals surface area contributed by atoms with Crippen molar-refractivity contribution in [2.75, 3.05) is 6.54 Å². The van der Waals surface area contributed by atoms with E-state index in [2.05, 4.69) is 5.32 Å². The fraction of sp³-hybridized carbons (Fsp3) is 0.615. The van der Waals surface area contributed by atoms with Crippen LogP contribution in [-0.2, 0) is 0 Å². The molecular formula is C13H19N3O3S. The number of carbonyl (C=O) groups is 1. The molecule has 2 unspecified atom stereocenters. The molecule has 0 saturated heterocycles. The van der Waals surface area contributed by atoms with Crippen LogP contribution in [0.1, 0.15) is 40.2 Å². The zero-order chi connectivity index (χ0) is 14.7. The van der Waals surface area contributed by atoms with Crippen molar-refractivity contribution < 1.29 is 9.72 Å². The van der Waals surface area contributed by atoms with Gasteiger partial charge in [-0.25, -0.2) is 0 Å². The monoisotopic (exact) mass is 297 g/mol. The lowest BCUT2D eigenvalue weighted by Gasteiger charge is -2.31. The van der Waals surface area contributed by atoms with E-state index in [9.17, 15) is 14.9 Å². The van der Waals surface area contributed by atoms with Crippen LogP contribution in [0, 0.1) is 23.0 Å². The standard InChI is InChI=1S/C13H19N3O3S/c1-8-11(16(18)19)6-12(20-8)13(17)15-10-5-3-2-4-9(10)7-14/h6,9-10H,2-5,7,14H2,1H3,(H,15,17). The number of nitrogens with one attached hydrogen (secondary N) is 1. The highest BCUT2D eigenvalue weighted by Crippen LogP contribution is 2.29. The summed E-state index contributed by atoms with van der Waals surface area (Å²) >= 11 is 1.16. The predicted molar refractivity (Wildman–Crippen MR) is 78.0 cm³/mol. The van der Waals surface area contributed by atoms with Crippen LogP contribution in [0.3, 0.4) is 0 Å². The molecule has 0 aliphatic heterocycles. The lowest BCUT2D eigenvalue weighted by atomic mass is 9.84. The van der Waals surface area contributed by atoms with Crippen molar-refractivity contribution in [1.29, 1.82) is 0 Å². The number of hydrogen-bond acceptors (Lipinski definition) is 5. The molecule has 1 aliphatic rings. The second-order valence-corrected chi connectivity index (χ2v) is 6.43. The Labute approximate surface area is 121 Å². The largest absolute Gasteiger partial charge is 0.348 e. The van der Waals surface area contributed by atoms with Crippen LogP contribution in [0.15, 0.2) is 6.07 Å². The molecule has 0 aromatic carbocycles. The van der Waals surface area contributed by atoms with E-state index in [1.54, 1.807) is 6.92 Å². The molecule has 1 aliphatic carbocycles. The van der Waals surface area contributed by atoms with Gasteiger partial charge in [0.1, 0.15) is 0 Å². The Kier molecular flexibility index (Phi) is 4.72. The van der Waals surface area contributed by atoms with Crippen molar-refractivity contribution >= 4 is 22.9 Å². The summed E-state index contributed by atoms with van der Waals surface area (Å²) in [6, 6.07) is 1.44. The Morgan fingerprint density at radius 2 is 2.25 bits per heavy atom. The van der Waals surface area contributed by atoms with E-state index in [0.717, 1.165) is 37.0 Å².